The zero-order valence-electron chi connectivity index (χ0n) is 12.2. The van der Waals surface area contributed by atoms with Crippen molar-refractivity contribution in [2.45, 2.75) is 6.92 Å². The van der Waals surface area contributed by atoms with Crippen LogP contribution in [0.1, 0.15) is 17.3 Å². The van der Waals surface area contributed by atoms with Crippen LogP contribution in [0.3, 0.4) is 0 Å². The second-order valence-corrected chi connectivity index (χ2v) is 4.89. The van der Waals surface area contributed by atoms with Gasteiger partial charge in [-0.25, -0.2) is 0 Å². The highest BCUT2D eigenvalue weighted by atomic mass is 16.5. The lowest BCUT2D eigenvalue weighted by Gasteiger charge is -2.06. The molecule has 0 radical (unpaired) electrons. The fourth-order valence-corrected chi connectivity index (χ4v) is 2.52. The molecule has 1 amide bonds. The Morgan fingerprint density at radius 2 is 1.86 bits per heavy atom. The minimum Gasteiger partial charge on any atom is -0.465 e. The van der Waals surface area contributed by atoms with Crippen LogP contribution in [0.4, 0.5) is 0 Å². The number of ether oxygens (including phenoxy) is 1. The third-order valence-corrected chi connectivity index (χ3v) is 3.48. The summed E-state index contributed by atoms with van der Waals surface area (Å²) in [7, 11) is 0. The maximum atomic E-state index is 12.3. The molecule has 0 bridgehead atoms. The summed E-state index contributed by atoms with van der Waals surface area (Å²) in [6.07, 6.45) is 0. The average Bonchev–Trinajstić information content (AvgIpc) is 2.91. The van der Waals surface area contributed by atoms with Crippen molar-refractivity contribution in [2.75, 3.05) is 13.2 Å². The lowest BCUT2D eigenvalue weighted by atomic mass is 10.1. The monoisotopic (exact) mass is 296 g/mol. The number of aromatic nitrogens is 1. The first-order valence-corrected chi connectivity index (χ1v) is 7.14. The number of nitrogens with one attached hydrogen (secondary N) is 2. The molecule has 0 aliphatic rings. The van der Waals surface area contributed by atoms with Gasteiger partial charge in [-0.3, -0.25) is 9.59 Å². The van der Waals surface area contributed by atoms with Crippen molar-refractivity contribution in [1.82, 2.24) is 10.3 Å². The summed E-state index contributed by atoms with van der Waals surface area (Å²) in [5, 5.41) is 4.64. The van der Waals surface area contributed by atoms with Gasteiger partial charge < -0.3 is 15.0 Å². The molecule has 0 saturated carbocycles. The molecule has 0 atom stereocenters. The number of rotatable bonds is 4. The van der Waals surface area contributed by atoms with Crippen molar-refractivity contribution in [3.8, 4) is 0 Å². The summed E-state index contributed by atoms with van der Waals surface area (Å²) in [6, 6.07) is 13.4. The van der Waals surface area contributed by atoms with Gasteiger partial charge in [0.05, 0.1) is 17.7 Å². The number of hydrogen-bond acceptors (Lipinski definition) is 3. The van der Waals surface area contributed by atoms with Crippen LogP contribution in [0.25, 0.3) is 21.8 Å². The van der Waals surface area contributed by atoms with Gasteiger partial charge in [-0.05, 0) is 19.1 Å². The number of amides is 1. The topological polar surface area (TPSA) is 71.2 Å². The standard InChI is InChI=1S/C17H16N2O3/c1-2-22-15(20)10-18-17(21)13-8-5-7-12-11-6-3-4-9-14(11)19-16(12)13/h3-9,19H,2,10H2,1H3,(H,18,21). The first-order valence-electron chi connectivity index (χ1n) is 7.14. The maximum Gasteiger partial charge on any atom is 0.325 e. The molecular weight excluding hydrogens is 280 g/mol. The van der Waals surface area contributed by atoms with E-state index >= 15 is 0 Å². The van der Waals surface area contributed by atoms with Crippen LogP contribution in [-0.4, -0.2) is 30.0 Å². The molecule has 0 aliphatic heterocycles. The number of fused-ring (bicyclic) bond motifs is 3. The second kappa shape index (κ2) is 5.89. The third-order valence-electron chi connectivity index (χ3n) is 3.48. The van der Waals surface area contributed by atoms with Gasteiger partial charge in [-0.1, -0.05) is 30.3 Å². The molecule has 5 heteroatoms. The quantitative estimate of drug-likeness (QED) is 0.727. The van der Waals surface area contributed by atoms with Crippen LogP contribution >= 0.6 is 0 Å². The fourth-order valence-electron chi connectivity index (χ4n) is 2.52. The van der Waals surface area contributed by atoms with Crippen molar-refractivity contribution >= 4 is 33.7 Å². The number of H-pyrrole nitrogens is 1. The molecule has 112 valence electrons. The van der Waals surface area contributed by atoms with Crippen molar-refractivity contribution in [1.29, 1.82) is 0 Å². The van der Waals surface area contributed by atoms with Crippen molar-refractivity contribution in [3.63, 3.8) is 0 Å². The molecule has 0 unspecified atom stereocenters. The van der Waals surface area contributed by atoms with E-state index in [2.05, 4.69) is 10.3 Å². The third kappa shape index (κ3) is 2.53. The number of esters is 1. The van der Waals surface area contributed by atoms with Crippen molar-refractivity contribution in [2.24, 2.45) is 0 Å². The largest absolute Gasteiger partial charge is 0.465 e. The molecule has 0 fully saturated rings. The fraction of sp³-hybridized carbons (Fsp3) is 0.176. The molecule has 2 aromatic carbocycles. The predicted molar refractivity (Wildman–Crippen MR) is 84.8 cm³/mol. The Bertz CT molecular complexity index is 851. The summed E-state index contributed by atoms with van der Waals surface area (Å²) < 4.78 is 4.80. The van der Waals surface area contributed by atoms with E-state index in [1.807, 2.05) is 36.4 Å². The van der Waals surface area contributed by atoms with Gasteiger partial charge in [-0.2, -0.15) is 0 Å². The smallest absolute Gasteiger partial charge is 0.325 e. The van der Waals surface area contributed by atoms with Gasteiger partial charge in [0.15, 0.2) is 0 Å². The molecule has 2 N–H and O–H groups in total. The SMILES string of the molecule is CCOC(=O)CNC(=O)c1cccc2c1[nH]c1ccccc12. The predicted octanol–water partition coefficient (Wildman–Crippen LogP) is 2.61. The minimum atomic E-state index is -0.445. The van der Waals surface area contributed by atoms with Gasteiger partial charge in [0.1, 0.15) is 6.54 Å². The number of para-hydroxylation sites is 2. The molecule has 0 spiro atoms. The zero-order valence-corrected chi connectivity index (χ0v) is 12.2. The van der Waals surface area contributed by atoms with E-state index in [0.29, 0.717) is 12.2 Å². The normalized spacial score (nSPS) is 10.8. The highest BCUT2D eigenvalue weighted by Crippen LogP contribution is 2.27. The summed E-state index contributed by atoms with van der Waals surface area (Å²) >= 11 is 0. The molecular formula is C17H16N2O3. The number of aromatic amines is 1. The molecule has 0 saturated heterocycles. The highest BCUT2D eigenvalue weighted by Gasteiger charge is 2.14. The molecule has 22 heavy (non-hydrogen) atoms. The van der Waals surface area contributed by atoms with Gasteiger partial charge >= 0.3 is 5.97 Å². The van der Waals surface area contributed by atoms with Crippen molar-refractivity contribution < 1.29 is 14.3 Å². The first kappa shape index (κ1) is 14.1. The van der Waals surface area contributed by atoms with E-state index in [-0.39, 0.29) is 12.5 Å². The molecule has 3 aromatic rings. The van der Waals surface area contributed by atoms with E-state index < -0.39 is 5.97 Å². The first-order chi connectivity index (χ1) is 10.7. The summed E-state index contributed by atoms with van der Waals surface area (Å²) in [5.74, 6) is -0.745. The van der Waals surface area contributed by atoms with Gasteiger partial charge in [0.2, 0.25) is 0 Å². The summed E-state index contributed by atoms with van der Waals surface area (Å²) in [6.45, 7) is 1.89. The zero-order chi connectivity index (χ0) is 15.5. The van der Waals surface area contributed by atoms with Crippen LogP contribution in [0.15, 0.2) is 42.5 Å². The number of carbonyl (C=O) groups excluding carboxylic acids is 2. The lowest BCUT2D eigenvalue weighted by molar-refractivity contribution is -0.141. The van der Waals surface area contributed by atoms with Crippen molar-refractivity contribution in [3.05, 3.63) is 48.0 Å². The summed E-state index contributed by atoms with van der Waals surface area (Å²) in [5.41, 5.74) is 2.26. The molecule has 1 heterocycles. The molecule has 1 aromatic heterocycles. The van der Waals surface area contributed by atoms with Crippen LogP contribution < -0.4 is 5.32 Å². The Morgan fingerprint density at radius 1 is 1.09 bits per heavy atom. The maximum absolute atomic E-state index is 12.3. The van der Waals surface area contributed by atoms with Gasteiger partial charge in [-0.15, -0.1) is 0 Å². The van der Waals surface area contributed by atoms with Crippen LogP contribution in [0, 0.1) is 0 Å². The van der Waals surface area contributed by atoms with E-state index in [1.165, 1.54) is 0 Å². The molecule has 3 rings (SSSR count). The van der Waals surface area contributed by atoms with Crippen LogP contribution in [0.2, 0.25) is 0 Å². The van der Waals surface area contributed by atoms with E-state index in [9.17, 15) is 9.59 Å². The van der Waals surface area contributed by atoms with Gasteiger partial charge in [0.25, 0.3) is 5.91 Å². The van der Waals surface area contributed by atoms with Gasteiger partial charge in [0, 0.05) is 16.3 Å². The highest BCUT2D eigenvalue weighted by molar-refractivity contribution is 6.15. The number of hydrogen-bond donors (Lipinski definition) is 2. The Morgan fingerprint density at radius 3 is 2.68 bits per heavy atom. The Balaban J connectivity index is 1.93. The minimum absolute atomic E-state index is 0.136. The molecule has 5 nitrogen and oxygen atoms in total. The molecule has 0 aliphatic carbocycles. The number of carbonyl (C=O) groups is 2. The van der Waals surface area contributed by atoms with Crippen LogP contribution in [0.5, 0.6) is 0 Å². The van der Waals surface area contributed by atoms with E-state index in [4.69, 9.17) is 4.74 Å². The Kier molecular flexibility index (Phi) is 3.78. The van der Waals surface area contributed by atoms with E-state index in [0.717, 1.165) is 21.8 Å². The summed E-state index contributed by atoms with van der Waals surface area (Å²) in [4.78, 5) is 26.9. The van der Waals surface area contributed by atoms with E-state index in [1.54, 1.807) is 13.0 Å². The van der Waals surface area contributed by atoms with Crippen LogP contribution in [-0.2, 0) is 9.53 Å². The Hall–Kier alpha value is -2.82. The number of benzene rings is 2. The average molecular weight is 296 g/mol. The lowest BCUT2D eigenvalue weighted by Crippen LogP contribution is -2.30. The second-order valence-electron chi connectivity index (χ2n) is 4.89. The Labute approximate surface area is 127 Å².